The summed E-state index contributed by atoms with van der Waals surface area (Å²) in [6.07, 6.45) is 0.315. The van der Waals surface area contributed by atoms with Gasteiger partial charge < -0.3 is 4.74 Å². The third kappa shape index (κ3) is 6.39. The van der Waals surface area contributed by atoms with Gasteiger partial charge in [-0.3, -0.25) is 9.69 Å². The molecular formula is C26H25ClN2O4S2. The minimum Gasteiger partial charge on any atom is -0.494 e. The summed E-state index contributed by atoms with van der Waals surface area (Å²) in [6, 6.07) is 22.1. The Morgan fingerprint density at radius 3 is 2.31 bits per heavy atom. The van der Waals surface area contributed by atoms with Gasteiger partial charge >= 0.3 is 0 Å². The number of halogens is 1. The Balaban J connectivity index is 1.53. The second kappa shape index (κ2) is 11.2. The van der Waals surface area contributed by atoms with Crippen LogP contribution in [0.15, 0.2) is 72.8 Å². The molecule has 0 fully saturated rings. The highest BCUT2D eigenvalue weighted by Gasteiger charge is 2.23. The maximum Gasteiger partial charge on any atom is 0.229 e. The second-order valence-electron chi connectivity index (χ2n) is 8.07. The molecule has 1 aromatic heterocycles. The molecule has 0 aliphatic rings. The molecule has 0 atom stereocenters. The first-order valence-corrected chi connectivity index (χ1v) is 14.1. The van der Waals surface area contributed by atoms with Crippen molar-refractivity contribution in [2.24, 2.45) is 0 Å². The van der Waals surface area contributed by atoms with Crippen LogP contribution in [0.2, 0.25) is 5.02 Å². The molecule has 0 saturated heterocycles. The lowest BCUT2D eigenvalue weighted by atomic mass is 10.2. The third-order valence-corrected chi connectivity index (χ3v) is 8.68. The predicted molar refractivity (Wildman–Crippen MR) is 142 cm³/mol. The van der Waals surface area contributed by atoms with Crippen LogP contribution in [0, 0.1) is 0 Å². The zero-order valence-corrected chi connectivity index (χ0v) is 21.6. The minimum absolute atomic E-state index is 0.0358. The Morgan fingerprint density at radius 2 is 1.66 bits per heavy atom. The average Bonchev–Trinajstić information content (AvgIpc) is 3.30. The molecule has 3 aromatic carbocycles. The largest absolute Gasteiger partial charge is 0.494 e. The highest BCUT2D eigenvalue weighted by atomic mass is 35.5. The quantitative estimate of drug-likeness (QED) is 0.256. The first kappa shape index (κ1) is 25.2. The normalized spacial score (nSPS) is 11.5. The molecule has 0 saturated carbocycles. The van der Waals surface area contributed by atoms with Crippen LogP contribution in [0.3, 0.4) is 0 Å². The van der Waals surface area contributed by atoms with Crippen molar-refractivity contribution in [3.05, 3.63) is 88.9 Å². The summed E-state index contributed by atoms with van der Waals surface area (Å²) in [5.41, 5.74) is 2.27. The molecule has 0 aliphatic heterocycles. The van der Waals surface area contributed by atoms with E-state index >= 15 is 0 Å². The van der Waals surface area contributed by atoms with Crippen LogP contribution < -0.4 is 9.64 Å². The topological polar surface area (TPSA) is 76.6 Å². The van der Waals surface area contributed by atoms with Gasteiger partial charge in [-0.25, -0.2) is 13.4 Å². The van der Waals surface area contributed by atoms with Gasteiger partial charge in [0.05, 0.1) is 34.9 Å². The second-order valence-corrected chi connectivity index (χ2v) is 11.6. The summed E-state index contributed by atoms with van der Waals surface area (Å²) < 4.78 is 31.3. The van der Waals surface area contributed by atoms with E-state index in [0.29, 0.717) is 28.0 Å². The van der Waals surface area contributed by atoms with E-state index in [-0.39, 0.29) is 30.3 Å². The highest BCUT2D eigenvalue weighted by molar-refractivity contribution is 7.90. The van der Waals surface area contributed by atoms with Gasteiger partial charge in [-0.2, -0.15) is 0 Å². The van der Waals surface area contributed by atoms with E-state index in [9.17, 15) is 13.2 Å². The van der Waals surface area contributed by atoms with Crippen LogP contribution in [0.5, 0.6) is 5.75 Å². The number of fused-ring (bicyclic) bond motifs is 1. The number of hydrogen-bond acceptors (Lipinski definition) is 6. The van der Waals surface area contributed by atoms with Gasteiger partial charge in [-0.05, 0) is 29.7 Å². The van der Waals surface area contributed by atoms with E-state index < -0.39 is 9.84 Å². The Morgan fingerprint density at radius 1 is 1.00 bits per heavy atom. The Bertz CT molecular complexity index is 1410. The van der Waals surface area contributed by atoms with Gasteiger partial charge in [0.15, 0.2) is 15.0 Å². The molecule has 0 spiro atoms. The molecule has 1 amide bonds. The lowest BCUT2D eigenvalue weighted by Crippen LogP contribution is -2.30. The van der Waals surface area contributed by atoms with Crippen molar-refractivity contribution < 1.29 is 17.9 Å². The maximum absolute atomic E-state index is 13.3. The van der Waals surface area contributed by atoms with Crippen molar-refractivity contribution in [3.8, 4) is 5.75 Å². The molecular weight excluding hydrogens is 504 g/mol. The fourth-order valence-corrected chi connectivity index (χ4v) is 6.43. The number of hydrogen-bond donors (Lipinski definition) is 0. The van der Waals surface area contributed by atoms with E-state index in [4.69, 9.17) is 16.3 Å². The SMILES string of the molecule is COc1ccc(Cl)c2sc(N(Cc3ccccc3)C(=O)CCCS(=O)(=O)Cc3ccccc3)nc12. The van der Waals surface area contributed by atoms with Crippen LogP contribution in [-0.4, -0.2) is 32.2 Å². The van der Waals surface area contributed by atoms with Crippen LogP contribution in [-0.2, 0) is 26.9 Å². The number of carbonyl (C=O) groups is 1. The molecule has 0 N–H and O–H groups in total. The molecule has 35 heavy (non-hydrogen) atoms. The smallest absolute Gasteiger partial charge is 0.229 e. The number of aromatic nitrogens is 1. The van der Waals surface area contributed by atoms with Crippen molar-refractivity contribution in [2.75, 3.05) is 17.8 Å². The molecule has 9 heteroatoms. The number of amides is 1. The molecule has 6 nitrogen and oxygen atoms in total. The van der Waals surface area contributed by atoms with E-state index in [0.717, 1.165) is 15.8 Å². The number of thiazole rings is 1. The first-order valence-electron chi connectivity index (χ1n) is 11.1. The molecule has 0 aliphatic carbocycles. The zero-order chi connectivity index (χ0) is 24.8. The Hall–Kier alpha value is -2.94. The van der Waals surface area contributed by atoms with Crippen molar-refractivity contribution in [3.63, 3.8) is 0 Å². The van der Waals surface area contributed by atoms with Crippen molar-refractivity contribution in [2.45, 2.75) is 25.1 Å². The lowest BCUT2D eigenvalue weighted by Gasteiger charge is -2.20. The van der Waals surface area contributed by atoms with Crippen LogP contribution >= 0.6 is 22.9 Å². The van der Waals surface area contributed by atoms with E-state index in [1.54, 1.807) is 36.3 Å². The van der Waals surface area contributed by atoms with Crippen LogP contribution in [0.4, 0.5) is 5.13 Å². The fraction of sp³-hybridized carbons (Fsp3) is 0.231. The summed E-state index contributed by atoms with van der Waals surface area (Å²) in [5, 5.41) is 1.02. The van der Waals surface area contributed by atoms with Crippen LogP contribution in [0.25, 0.3) is 10.2 Å². The summed E-state index contributed by atoms with van der Waals surface area (Å²) in [6.45, 7) is 0.316. The van der Waals surface area contributed by atoms with Gasteiger partial charge in [0.25, 0.3) is 0 Å². The van der Waals surface area contributed by atoms with Gasteiger partial charge in [-0.1, -0.05) is 83.6 Å². The highest BCUT2D eigenvalue weighted by Crippen LogP contribution is 2.39. The fourth-order valence-electron chi connectivity index (χ4n) is 3.73. The number of ether oxygens (including phenoxy) is 1. The van der Waals surface area contributed by atoms with Crippen molar-refractivity contribution in [1.29, 1.82) is 0 Å². The molecule has 1 heterocycles. The maximum atomic E-state index is 13.3. The first-order chi connectivity index (χ1) is 16.9. The molecule has 0 radical (unpaired) electrons. The van der Waals surface area contributed by atoms with E-state index in [1.165, 1.54) is 11.3 Å². The summed E-state index contributed by atoms with van der Waals surface area (Å²) in [5.74, 6) is 0.280. The van der Waals surface area contributed by atoms with Gasteiger partial charge in [-0.15, -0.1) is 0 Å². The molecule has 182 valence electrons. The number of sulfone groups is 1. The standard InChI is InChI=1S/C26H25ClN2O4S2/c1-33-22-15-14-21(27)25-24(22)28-26(34-25)29(17-19-9-4-2-5-10-19)23(30)13-8-16-35(31,32)18-20-11-6-3-7-12-20/h2-7,9-12,14-15H,8,13,16-18H2,1H3. The lowest BCUT2D eigenvalue weighted by molar-refractivity contribution is -0.118. The number of rotatable bonds is 10. The third-order valence-electron chi connectivity index (χ3n) is 5.46. The van der Waals surface area contributed by atoms with Crippen molar-refractivity contribution in [1.82, 2.24) is 4.98 Å². The monoisotopic (exact) mass is 528 g/mol. The molecule has 0 bridgehead atoms. The number of anilines is 1. The molecule has 4 rings (SSSR count). The van der Waals surface area contributed by atoms with E-state index in [1.807, 2.05) is 48.5 Å². The molecule has 4 aromatic rings. The predicted octanol–water partition coefficient (Wildman–Crippen LogP) is 5.89. The number of carbonyl (C=O) groups excluding carboxylic acids is 1. The minimum atomic E-state index is -3.33. The summed E-state index contributed by atoms with van der Waals surface area (Å²) in [4.78, 5) is 19.6. The van der Waals surface area contributed by atoms with Gasteiger partial charge in [0.2, 0.25) is 5.91 Å². The molecule has 0 unspecified atom stereocenters. The summed E-state index contributed by atoms with van der Waals surface area (Å²) in [7, 11) is -1.77. The van der Waals surface area contributed by atoms with E-state index in [2.05, 4.69) is 4.98 Å². The van der Waals surface area contributed by atoms with Gasteiger partial charge in [0, 0.05) is 6.42 Å². The zero-order valence-electron chi connectivity index (χ0n) is 19.2. The Labute approximate surface area is 214 Å². The van der Waals surface area contributed by atoms with Crippen LogP contribution in [0.1, 0.15) is 24.0 Å². The number of nitrogens with zero attached hydrogens (tertiary/aromatic N) is 2. The summed E-state index contributed by atoms with van der Waals surface area (Å²) >= 11 is 7.70. The Kier molecular flexibility index (Phi) is 8.05. The van der Waals surface area contributed by atoms with Gasteiger partial charge in [0.1, 0.15) is 11.3 Å². The number of benzene rings is 3. The number of methoxy groups -OCH3 is 1. The van der Waals surface area contributed by atoms with Crippen molar-refractivity contribution >= 4 is 54.0 Å². The average molecular weight is 529 g/mol.